The first-order valence-electron chi connectivity index (χ1n) is 15.9. The Bertz CT molecular complexity index is 2250. The van der Waals surface area contributed by atoms with Gasteiger partial charge in [0.15, 0.2) is 0 Å². The lowest BCUT2D eigenvalue weighted by Gasteiger charge is -2.19. The molecular weight excluding hydrogens is 544 g/mol. The number of furan rings is 4. The molecule has 0 aliphatic carbocycles. The predicted octanol–water partition coefficient (Wildman–Crippen LogP) is 12.8. The van der Waals surface area contributed by atoms with Crippen LogP contribution < -0.4 is 0 Å². The standard InChI is InChI=1S/C40H40O4/c1-37(2,3)17-13-21-25-26-22(41-21)15-19(39(7,8)9)35-31(26)32-28-24(16-20(36(32)44-35)40(10,11)12)42-23-14-18(38(4,5)6)34-30(27(23)28)29(25)33(17)43-34/h13-16H,1-12H3. The van der Waals surface area contributed by atoms with E-state index >= 15 is 0 Å². The smallest absolute Gasteiger partial charge is 0.140 e. The van der Waals surface area contributed by atoms with Crippen molar-refractivity contribution in [1.29, 1.82) is 0 Å². The molecule has 9 rings (SSSR count). The highest BCUT2D eigenvalue weighted by atomic mass is 16.4. The summed E-state index contributed by atoms with van der Waals surface area (Å²) in [7, 11) is 0. The maximum atomic E-state index is 7.13. The van der Waals surface area contributed by atoms with Gasteiger partial charge in [0.05, 0.1) is 0 Å². The Morgan fingerprint density at radius 1 is 0.295 bits per heavy atom. The largest absolute Gasteiger partial charge is 0.456 e. The van der Waals surface area contributed by atoms with Crippen LogP contribution in [0.15, 0.2) is 41.9 Å². The minimum absolute atomic E-state index is 0.162. The van der Waals surface area contributed by atoms with E-state index in [-0.39, 0.29) is 21.7 Å². The van der Waals surface area contributed by atoms with Crippen LogP contribution >= 0.6 is 0 Å². The zero-order valence-corrected chi connectivity index (χ0v) is 27.9. The summed E-state index contributed by atoms with van der Waals surface area (Å²) in [5.41, 5.74) is 11.3. The first kappa shape index (κ1) is 26.5. The molecule has 44 heavy (non-hydrogen) atoms. The fourth-order valence-electron chi connectivity index (χ4n) is 7.92. The third kappa shape index (κ3) is 3.00. The van der Waals surface area contributed by atoms with E-state index in [1.807, 2.05) is 0 Å². The Kier molecular flexibility index (Phi) is 4.40. The summed E-state index contributed by atoms with van der Waals surface area (Å²) >= 11 is 0. The van der Waals surface area contributed by atoms with E-state index in [2.05, 4.69) is 107 Å². The minimum Gasteiger partial charge on any atom is -0.456 e. The van der Waals surface area contributed by atoms with Crippen LogP contribution in [0.4, 0.5) is 0 Å². The molecule has 4 heteroatoms. The van der Waals surface area contributed by atoms with E-state index in [1.54, 1.807) is 0 Å². The zero-order valence-electron chi connectivity index (χ0n) is 27.9. The van der Waals surface area contributed by atoms with Gasteiger partial charge in [-0.2, -0.15) is 0 Å². The molecule has 4 aromatic heterocycles. The summed E-state index contributed by atoms with van der Waals surface area (Å²) in [6.45, 7) is 27.1. The highest BCUT2D eigenvalue weighted by Crippen LogP contribution is 2.57. The van der Waals surface area contributed by atoms with Crippen LogP contribution in [0.2, 0.25) is 0 Å². The first-order chi connectivity index (χ1) is 20.4. The molecule has 0 spiro atoms. The summed E-state index contributed by atoms with van der Waals surface area (Å²) in [5.74, 6) is 0. The van der Waals surface area contributed by atoms with Crippen LogP contribution in [0.3, 0.4) is 0 Å². The summed E-state index contributed by atoms with van der Waals surface area (Å²) in [6.07, 6.45) is 0. The molecule has 0 aliphatic rings. The molecule has 4 nitrogen and oxygen atoms in total. The number of rotatable bonds is 0. The van der Waals surface area contributed by atoms with Gasteiger partial charge in [-0.25, -0.2) is 0 Å². The first-order valence-corrected chi connectivity index (χ1v) is 15.9. The summed E-state index contributed by atoms with van der Waals surface area (Å²) in [6, 6.07) is 8.92. The molecule has 0 saturated heterocycles. The van der Waals surface area contributed by atoms with Crippen LogP contribution in [-0.4, -0.2) is 0 Å². The Morgan fingerprint density at radius 3 is 0.682 bits per heavy atom. The summed E-state index contributed by atoms with van der Waals surface area (Å²) < 4.78 is 28.1. The fourth-order valence-corrected chi connectivity index (χ4v) is 7.92. The van der Waals surface area contributed by atoms with Gasteiger partial charge in [0, 0.05) is 65.3 Å². The maximum Gasteiger partial charge on any atom is 0.140 e. The Balaban J connectivity index is 1.74. The molecule has 0 fully saturated rings. The molecule has 4 heterocycles. The minimum atomic E-state index is -0.162. The summed E-state index contributed by atoms with van der Waals surface area (Å²) in [5, 5.41) is 8.97. The van der Waals surface area contributed by atoms with Gasteiger partial charge in [-0.05, 0) is 45.9 Å². The van der Waals surface area contributed by atoms with Crippen molar-refractivity contribution in [2.45, 2.75) is 105 Å². The molecule has 0 unspecified atom stereocenters. The highest BCUT2D eigenvalue weighted by molar-refractivity contribution is 6.44. The lowest BCUT2D eigenvalue weighted by molar-refractivity contribution is 0.554. The van der Waals surface area contributed by atoms with Gasteiger partial charge in [0.1, 0.15) is 44.7 Å². The molecule has 0 radical (unpaired) electrons. The Morgan fingerprint density at radius 2 is 0.500 bits per heavy atom. The fraction of sp³-hybridized carbons (Fsp3) is 0.400. The van der Waals surface area contributed by atoms with Crippen molar-refractivity contribution in [2.75, 3.05) is 0 Å². The van der Waals surface area contributed by atoms with Crippen molar-refractivity contribution in [3.05, 3.63) is 46.5 Å². The van der Waals surface area contributed by atoms with E-state index in [4.69, 9.17) is 17.7 Å². The van der Waals surface area contributed by atoms with Gasteiger partial charge < -0.3 is 17.7 Å². The quantitative estimate of drug-likeness (QED) is 0.178. The second-order valence-electron chi connectivity index (χ2n) is 17.4. The van der Waals surface area contributed by atoms with E-state index in [1.165, 1.54) is 0 Å². The second-order valence-corrected chi connectivity index (χ2v) is 17.4. The molecule has 0 N–H and O–H groups in total. The molecular formula is C40H40O4. The molecule has 224 valence electrons. The SMILES string of the molecule is CC(C)(C)c1cc2oc3cc(C(C)(C)C)c4oc5c(C(C)(C)C)cc6oc7cc(C(C)(C)C)c8oc1c1c2c3c4c5c6c7c81. The van der Waals surface area contributed by atoms with Gasteiger partial charge in [0.2, 0.25) is 0 Å². The predicted molar refractivity (Wildman–Crippen MR) is 184 cm³/mol. The van der Waals surface area contributed by atoms with Crippen LogP contribution in [0.5, 0.6) is 0 Å². The van der Waals surface area contributed by atoms with Crippen LogP contribution in [-0.2, 0) is 21.7 Å². The molecule has 0 amide bonds. The number of hydrogen-bond donors (Lipinski definition) is 0. The topological polar surface area (TPSA) is 52.6 Å². The van der Waals surface area contributed by atoms with E-state index in [0.717, 1.165) is 110 Å². The number of benzene rings is 4. The van der Waals surface area contributed by atoms with Crippen LogP contribution in [0.1, 0.15) is 105 Å². The van der Waals surface area contributed by atoms with Crippen LogP contribution in [0, 0.1) is 0 Å². The van der Waals surface area contributed by atoms with Gasteiger partial charge in [0.25, 0.3) is 0 Å². The average Bonchev–Trinajstić information content (AvgIpc) is 3.60. The van der Waals surface area contributed by atoms with Crippen molar-refractivity contribution in [3.63, 3.8) is 0 Å². The molecule has 0 saturated carbocycles. The van der Waals surface area contributed by atoms with E-state index < -0.39 is 0 Å². The third-order valence-corrected chi connectivity index (χ3v) is 10.1. The van der Waals surface area contributed by atoms with Crippen molar-refractivity contribution in [2.24, 2.45) is 0 Å². The average molecular weight is 585 g/mol. The molecule has 0 aliphatic heterocycles. The lowest BCUT2D eigenvalue weighted by atomic mass is 9.80. The normalized spacial score (nSPS) is 14.8. The highest BCUT2D eigenvalue weighted by Gasteiger charge is 2.36. The zero-order chi connectivity index (χ0) is 31.2. The van der Waals surface area contributed by atoms with Crippen molar-refractivity contribution >= 4 is 87.8 Å². The molecule has 9 aromatic rings. The van der Waals surface area contributed by atoms with Crippen LogP contribution in [0.25, 0.3) is 87.8 Å². The Hall–Kier alpha value is -3.92. The third-order valence-electron chi connectivity index (χ3n) is 10.1. The number of hydrogen-bond acceptors (Lipinski definition) is 4. The second kappa shape index (κ2) is 7.30. The monoisotopic (exact) mass is 584 g/mol. The van der Waals surface area contributed by atoms with Gasteiger partial charge in [-0.15, -0.1) is 0 Å². The maximum absolute atomic E-state index is 7.13. The van der Waals surface area contributed by atoms with Crippen molar-refractivity contribution < 1.29 is 17.7 Å². The van der Waals surface area contributed by atoms with Gasteiger partial charge in [-0.3, -0.25) is 0 Å². The summed E-state index contributed by atoms with van der Waals surface area (Å²) in [4.78, 5) is 0. The van der Waals surface area contributed by atoms with Crippen molar-refractivity contribution in [1.82, 2.24) is 0 Å². The van der Waals surface area contributed by atoms with Crippen molar-refractivity contribution in [3.8, 4) is 0 Å². The van der Waals surface area contributed by atoms with E-state index in [0.29, 0.717) is 0 Å². The van der Waals surface area contributed by atoms with E-state index in [9.17, 15) is 0 Å². The molecule has 0 atom stereocenters. The Labute approximate surface area is 256 Å². The molecule has 5 aromatic carbocycles. The molecule has 0 bridgehead atoms. The van der Waals surface area contributed by atoms with Gasteiger partial charge >= 0.3 is 0 Å². The van der Waals surface area contributed by atoms with Gasteiger partial charge in [-0.1, -0.05) is 83.1 Å². The lowest BCUT2D eigenvalue weighted by Crippen LogP contribution is -2.11.